The number of hydrogen-bond acceptors (Lipinski definition) is 4. The van der Waals surface area contributed by atoms with Crippen LogP contribution in [0.3, 0.4) is 0 Å². The topological polar surface area (TPSA) is 61.8 Å². The molecule has 0 radical (unpaired) electrons. The van der Waals surface area contributed by atoms with Gasteiger partial charge in [0.15, 0.2) is 0 Å². The monoisotopic (exact) mass is 362 g/mol. The second kappa shape index (κ2) is 9.42. The molecule has 3 rings (SSSR count). The Morgan fingerprint density at radius 3 is 2.68 bits per heavy atom. The standard InChI is InChI=1S/C19H22N2O3.ClH/c22-16-12-20-10-11-21(13-16)19(23)17-8-4-5-9-18(17)24-14-15-6-2-1-3-7-15;/h1-9,16,20,22H,10-14H2;1H. The fraction of sp³-hybridized carbons (Fsp3) is 0.316. The van der Waals surface area contributed by atoms with E-state index >= 15 is 0 Å². The molecule has 1 fully saturated rings. The summed E-state index contributed by atoms with van der Waals surface area (Å²) in [6.45, 7) is 2.50. The van der Waals surface area contributed by atoms with Crippen LogP contribution in [0, 0.1) is 0 Å². The minimum atomic E-state index is -0.547. The molecule has 2 aromatic carbocycles. The van der Waals surface area contributed by atoms with E-state index in [1.165, 1.54) is 0 Å². The number of benzene rings is 2. The number of nitrogens with zero attached hydrogens (tertiary/aromatic N) is 1. The lowest BCUT2D eigenvalue weighted by atomic mass is 10.1. The third-order valence-electron chi connectivity index (χ3n) is 4.01. The van der Waals surface area contributed by atoms with E-state index in [1.807, 2.05) is 48.5 Å². The van der Waals surface area contributed by atoms with Crippen LogP contribution < -0.4 is 10.1 Å². The van der Waals surface area contributed by atoms with E-state index in [9.17, 15) is 9.90 Å². The Bertz CT molecular complexity index is 681. The molecular formula is C19H23ClN2O3. The van der Waals surface area contributed by atoms with Gasteiger partial charge in [0.2, 0.25) is 0 Å². The van der Waals surface area contributed by atoms with E-state index in [1.54, 1.807) is 11.0 Å². The molecule has 1 heterocycles. The SMILES string of the molecule is Cl.O=C(c1ccccc1OCc1ccccc1)N1CCNCC(O)C1. The molecule has 2 aromatic rings. The number of amides is 1. The quantitative estimate of drug-likeness (QED) is 0.874. The molecule has 1 saturated heterocycles. The van der Waals surface area contributed by atoms with Crippen molar-refractivity contribution in [3.8, 4) is 5.75 Å². The largest absolute Gasteiger partial charge is 0.488 e. The first-order valence-electron chi connectivity index (χ1n) is 8.18. The number of nitrogens with one attached hydrogen (secondary N) is 1. The molecular weight excluding hydrogens is 340 g/mol. The number of aliphatic hydroxyl groups excluding tert-OH is 1. The number of β-amino-alcohol motifs (C(OH)–C–C–N with tert-alkyl or cyclic N) is 1. The smallest absolute Gasteiger partial charge is 0.257 e. The van der Waals surface area contributed by atoms with Crippen molar-refractivity contribution in [2.75, 3.05) is 26.2 Å². The van der Waals surface area contributed by atoms with Gasteiger partial charge in [0, 0.05) is 26.2 Å². The predicted octanol–water partition coefficient (Wildman–Crippen LogP) is 2.09. The van der Waals surface area contributed by atoms with Crippen LogP contribution in [0.5, 0.6) is 5.75 Å². The average Bonchev–Trinajstić information content (AvgIpc) is 2.85. The van der Waals surface area contributed by atoms with Crippen LogP contribution in [-0.2, 0) is 6.61 Å². The third-order valence-corrected chi connectivity index (χ3v) is 4.01. The van der Waals surface area contributed by atoms with Crippen LogP contribution in [0.15, 0.2) is 54.6 Å². The summed E-state index contributed by atoms with van der Waals surface area (Å²) in [5, 5.41) is 13.0. The second-order valence-electron chi connectivity index (χ2n) is 5.88. The molecule has 0 bridgehead atoms. The number of carbonyl (C=O) groups excluding carboxylic acids is 1. The normalized spacial score (nSPS) is 17.3. The molecule has 1 aliphatic rings. The Hall–Kier alpha value is -2.08. The van der Waals surface area contributed by atoms with Crippen LogP contribution in [0.1, 0.15) is 15.9 Å². The molecule has 0 saturated carbocycles. The molecule has 0 aromatic heterocycles. The molecule has 1 amide bonds. The van der Waals surface area contributed by atoms with Crippen molar-refractivity contribution in [3.63, 3.8) is 0 Å². The number of para-hydroxylation sites is 1. The van der Waals surface area contributed by atoms with Crippen molar-refractivity contribution in [1.82, 2.24) is 10.2 Å². The first kappa shape index (κ1) is 19.2. The highest BCUT2D eigenvalue weighted by Crippen LogP contribution is 2.21. The first-order valence-corrected chi connectivity index (χ1v) is 8.18. The fourth-order valence-corrected chi connectivity index (χ4v) is 2.75. The zero-order valence-corrected chi connectivity index (χ0v) is 14.7. The van der Waals surface area contributed by atoms with Crippen LogP contribution in [-0.4, -0.2) is 48.2 Å². The van der Waals surface area contributed by atoms with E-state index in [0.717, 1.165) is 5.56 Å². The zero-order chi connectivity index (χ0) is 16.8. The summed E-state index contributed by atoms with van der Waals surface area (Å²) < 4.78 is 5.87. The van der Waals surface area contributed by atoms with E-state index in [2.05, 4.69) is 5.32 Å². The van der Waals surface area contributed by atoms with Crippen LogP contribution in [0.2, 0.25) is 0 Å². The van der Waals surface area contributed by atoms with E-state index in [0.29, 0.717) is 44.1 Å². The maximum absolute atomic E-state index is 12.8. The van der Waals surface area contributed by atoms with Gasteiger partial charge in [0.1, 0.15) is 12.4 Å². The van der Waals surface area contributed by atoms with Gasteiger partial charge in [-0.2, -0.15) is 0 Å². The second-order valence-corrected chi connectivity index (χ2v) is 5.88. The number of hydrogen-bond donors (Lipinski definition) is 2. The van der Waals surface area contributed by atoms with Crippen molar-refractivity contribution in [3.05, 3.63) is 65.7 Å². The maximum Gasteiger partial charge on any atom is 0.257 e. The molecule has 1 unspecified atom stereocenters. The average molecular weight is 363 g/mol. The number of rotatable bonds is 4. The van der Waals surface area contributed by atoms with Gasteiger partial charge in [0.05, 0.1) is 11.7 Å². The van der Waals surface area contributed by atoms with Crippen molar-refractivity contribution >= 4 is 18.3 Å². The lowest BCUT2D eigenvalue weighted by molar-refractivity contribution is 0.0668. The molecule has 1 aliphatic heterocycles. The van der Waals surface area contributed by atoms with Crippen LogP contribution >= 0.6 is 12.4 Å². The summed E-state index contributed by atoms with van der Waals surface area (Å²) in [6, 6.07) is 17.1. The van der Waals surface area contributed by atoms with Crippen molar-refractivity contribution < 1.29 is 14.6 Å². The highest BCUT2D eigenvalue weighted by molar-refractivity contribution is 5.97. The molecule has 134 valence electrons. The van der Waals surface area contributed by atoms with Crippen molar-refractivity contribution in [2.45, 2.75) is 12.7 Å². The Labute approximate surface area is 154 Å². The predicted molar refractivity (Wildman–Crippen MR) is 99.2 cm³/mol. The minimum Gasteiger partial charge on any atom is -0.488 e. The molecule has 1 atom stereocenters. The summed E-state index contributed by atoms with van der Waals surface area (Å²) in [5.74, 6) is 0.458. The van der Waals surface area contributed by atoms with E-state index in [-0.39, 0.29) is 18.3 Å². The van der Waals surface area contributed by atoms with Crippen LogP contribution in [0.25, 0.3) is 0 Å². The Balaban J connectivity index is 0.00000225. The number of halogens is 1. The molecule has 5 nitrogen and oxygen atoms in total. The molecule has 0 aliphatic carbocycles. The Kier molecular flexibility index (Phi) is 7.25. The number of carbonyl (C=O) groups is 1. The summed E-state index contributed by atoms with van der Waals surface area (Å²) in [7, 11) is 0. The van der Waals surface area contributed by atoms with Gasteiger partial charge in [0.25, 0.3) is 5.91 Å². The highest BCUT2D eigenvalue weighted by atomic mass is 35.5. The molecule has 2 N–H and O–H groups in total. The van der Waals surface area contributed by atoms with Gasteiger partial charge >= 0.3 is 0 Å². The van der Waals surface area contributed by atoms with Gasteiger partial charge < -0.3 is 20.1 Å². The van der Waals surface area contributed by atoms with Crippen molar-refractivity contribution in [1.29, 1.82) is 0 Å². The summed E-state index contributed by atoms with van der Waals surface area (Å²) in [5.41, 5.74) is 1.58. The van der Waals surface area contributed by atoms with Gasteiger partial charge in [-0.05, 0) is 17.7 Å². The van der Waals surface area contributed by atoms with Gasteiger partial charge in [-0.25, -0.2) is 0 Å². The third kappa shape index (κ3) is 5.19. The lowest BCUT2D eigenvalue weighted by Gasteiger charge is -2.23. The number of aliphatic hydroxyl groups is 1. The number of ether oxygens (including phenoxy) is 1. The summed E-state index contributed by atoms with van der Waals surface area (Å²) >= 11 is 0. The molecule has 25 heavy (non-hydrogen) atoms. The van der Waals surface area contributed by atoms with Gasteiger partial charge in [-0.15, -0.1) is 12.4 Å². The zero-order valence-electron chi connectivity index (χ0n) is 13.9. The van der Waals surface area contributed by atoms with Crippen molar-refractivity contribution in [2.24, 2.45) is 0 Å². The summed E-state index contributed by atoms with van der Waals surface area (Å²) in [6.07, 6.45) is -0.547. The van der Waals surface area contributed by atoms with Crippen LogP contribution in [0.4, 0.5) is 0 Å². The Morgan fingerprint density at radius 1 is 1.16 bits per heavy atom. The van der Waals surface area contributed by atoms with Gasteiger partial charge in [-0.3, -0.25) is 4.79 Å². The van der Waals surface area contributed by atoms with E-state index in [4.69, 9.17) is 4.74 Å². The molecule has 0 spiro atoms. The minimum absolute atomic E-state index is 0. The van der Waals surface area contributed by atoms with E-state index < -0.39 is 6.10 Å². The maximum atomic E-state index is 12.8. The summed E-state index contributed by atoms with van der Waals surface area (Å²) in [4.78, 5) is 14.5. The Morgan fingerprint density at radius 2 is 1.88 bits per heavy atom. The molecule has 6 heteroatoms. The highest BCUT2D eigenvalue weighted by Gasteiger charge is 2.23. The van der Waals surface area contributed by atoms with Gasteiger partial charge in [-0.1, -0.05) is 42.5 Å². The fourth-order valence-electron chi connectivity index (χ4n) is 2.75. The first-order chi connectivity index (χ1) is 11.7. The lowest BCUT2D eigenvalue weighted by Crippen LogP contribution is -2.37.